The van der Waals surface area contributed by atoms with E-state index in [0.717, 1.165) is 12.1 Å². The Bertz CT molecular complexity index is 650. The highest BCUT2D eigenvalue weighted by Gasteiger charge is 2.55. The van der Waals surface area contributed by atoms with E-state index in [1.54, 1.807) is 6.92 Å². The SMILES string of the molecule is CCOC(=O)CC(B1OC(C)(C)C(C)(C)O1)c1c(F)ccc(F)c1Cl. The summed E-state index contributed by atoms with van der Waals surface area (Å²) in [6.07, 6.45) is -0.245. The molecule has 1 atom stereocenters. The second kappa shape index (κ2) is 7.21. The van der Waals surface area contributed by atoms with Crippen LogP contribution in [-0.2, 0) is 18.8 Å². The van der Waals surface area contributed by atoms with Crippen LogP contribution >= 0.6 is 11.6 Å². The van der Waals surface area contributed by atoms with Gasteiger partial charge in [0, 0.05) is 11.4 Å². The second-order valence-corrected chi connectivity index (χ2v) is 7.38. The summed E-state index contributed by atoms with van der Waals surface area (Å²) in [6, 6.07) is 1.91. The molecule has 0 aromatic heterocycles. The van der Waals surface area contributed by atoms with Gasteiger partial charge in [-0.1, -0.05) is 11.6 Å². The lowest BCUT2D eigenvalue weighted by molar-refractivity contribution is -0.143. The predicted molar refractivity (Wildman–Crippen MR) is 91.4 cm³/mol. The van der Waals surface area contributed by atoms with E-state index in [9.17, 15) is 13.6 Å². The molecule has 0 N–H and O–H groups in total. The van der Waals surface area contributed by atoms with E-state index in [2.05, 4.69) is 0 Å². The maximum atomic E-state index is 14.4. The summed E-state index contributed by atoms with van der Waals surface area (Å²) in [6.45, 7) is 9.16. The Labute approximate surface area is 151 Å². The van der Waals surface area contributed by atoms with Crippen molar-refractivity contribution in [2.45, 2.75) is 58.1 Å². The third-order valence-corrected chi connectivity index (χ3v) is 5.13. The van der Waals surface area contributed by atoms with Crippen molar-refractivity contribution >= 4 is 24.7 Å². The Morgan fingerprint density at radius 1 is 1.20 bits per heavy atom. The topological polar surface area (TPSA) is 44.8 Å². The van der Waals surface area contributed by atoms with E-state index in [4.69, 9.17) is 25.6 Å². The molecule has 0 amide bonds. The minimum absolute atomic E-state index is 0.145. The Balaban J connectivity index is 2.46. The molecule has 0 saturated carbocycles. The van der Waals surface area contributed by atoms with Crippen LogP contribution in [-0.4, -0.2) is 30.9 Å². The van der Waals surface area contributed by atoms with Gasteiger partial charge in [0.2, 0.25) is 0 Å². The fraction of sp³-hybridized carbons (Fsp3) is 0.588. The lowest BCUT2D eigenvalue weighted by atomic mass is 9.66. The van der Waals surface area contributed by atoms with Crippen LogP contribution in [0.5, 0.6) is 0 Å². The number of rotatable bonds is 5. The Morgan fingerprint density at radius 3 is 2.24 bits per heavy atom. The fourth-order valence-corrected chi connectivity index (χ4v) is 2.96. The third kappa shape index (κ3) is 3.99. The number of esters is 1. The van der Waals surface area contributed by atoms with Gasteiger partial charge in [-0.05, 0) is 46.8 Å². The third-order valence-electron chi connectivity index (χ3n) is 4.74. The number of halogens is 3. The molecule has 1 fully saturated rings. The number of carbonyl (C=O) groups excluding carboxylic acids is 1. The number of benzene rings is 1. The summed E-state index contributed by atoms with van der Waals surface area (Å²) in [5, 5.41) is -0.385. The Morgan fingerprint density at radius 2 is 1.72 bits per heavy atom. The van der Waals surface area contributed by atoms with Crippen LogP contribution in [0.15, 0.2) is 12.1 Å². The first-order valence-electron chi connectivity index (χ1n) is 8.15. The highest BCUT2D eigenvalue weighted by molar-refractivity contribution is 6.48. The van der Waals surface area contributed by atoms with Crippen molar-refractivity contribution in [1.29, 1.82) is 0 Å². The van der Waals surface area contributed by atoms with E-state index < -0.39 is 41.7 Å². The highest BCUT2D eigenvalue weighted by Crippen LogP contribution is 2.44. The molecule has 8 heteroatoms. The van der Waals surface area contributed by atoms with Crippen LogP contribution in [0.1, 0.15) is 52.4 Å². The van der Waals surface area contributed by atoms with Crippen molar-refractivity contribution in [2.75, 3.05) is 6.61 Å². The van der Waals surface area contributed by atoms with Crippen molar-refractivity contribution in [3.8, 4) is 0 Å². The van der Waals surface area contributed by atoms with Crippen LogP contribution in [0.4, 0.5) is 8.78 Å². The lowest BCUT2D eigenvalue weighted by Gasteiger charge is -2.32. The smallest absolute Gasteiger partial charge is 0.466 e. The van der Waals surface area contributed by atoms with Gasteiger partial charge in [-0.2, -0.15) is 0 Å². The summed E-state index contributed by atoms with van der Waals surface area (Å²) in [7, 11) is -0.969. The molecule has 0 bridgehead atoms. The van der Waals surface area contributed by atoms with Gasteiger partial charge in [-0.25, -0.2) is 8.78 Å². The molecule has 1 heterocycles. The van der Waals surface area contributed by atoms with E-state index in [1.807, 2.05) is 27.7 Å². The molecule has 4 nitrogen and oxygen atoms in total. The number of carbonyl (C=O) groups is 1. The molecule has 1 saturated heterocycles. The Hall–Kier alpha value is -1.18. The first kappa shape index (κ1) is 20.1. The van der Waals surface area contributed by atoms with Gasteiger partial charge in [0.15, 0.2) is 0 Å². The average Bonchev–Trinajstić information content (AvgIpc) is 2.71. The molecule has 138 valence electrons. The zero-order chi connectivity index (χ0) is 19.0. The number of hydrogen-bond acceptors (Lipinski definition) is 4. The zero-order valence-electron chi connectivity index (χ0n) is 15.0. The largest absolute Gasteiger partial charge is 0.466 e. The quantitative estimate of drug-likeness (QED) is 0.438. The fourth-order valence-electron chi connectivity index (χ4n) is 2.67. The van der Waals surface area contributed by atoms with Crippen molar-refractivity contribution < 1.29 is 27.6 Å². The maximum absolute atomic E-state index is 14.4. The highest BCUT2D eigenvalue weighted by atomic mass is 35.5. The van der Waals surface area contributed by atoms with Crippen molar-refractivity contribution in [2.24, 2.45) is 0 Å². The first-order chi connectivity index (χ1) is 11.5. The molecule has 1 aromatic rings. The molecule has 25 heavy (non-hydrogen) atoms. The van der Waals surface area contributed by atoms with Gasteiger partial charge in [0.25, 0.3) is 0 Å². The van der Waals surface area contributed by atoms with E-state index in [-0.39, 0.29) is 23.6 Å². The van der Waals surface area contributed by atoms with Crippen LogP contribution in [0, 0.1) is 11.6 Å². The molecule has 0 radical (unpaired) electrons. The van der Waals surface area contributed by atoms with Crippen molar-refractivity contribution in [3.63, 3.8) is 0 Å². The maximum Gasteiger partial charge on any atom is 0.466 e. The van der Waals surface area contributed by atoms with Crippen LogP contribution in [0.25, 0.3) is 0 Å². The average molecular weight is 375 g/mol. The van der Waals surface area contributed by atoms with Gasteiger partial charge >= 0.3 is 13.1 Å². The standard InChI is InChI=1S/C17H22BClF2O4/c1-6-23-13(22)9-10(14-11(20)7-8-12(21)15(14)19)18-24-16(2,3)17(4,5)25-18/h7-8,10H,6,9H2,1-5H3. The summed E-state index contributed by atoms with van der Waals surface area (Å²) >= 11 is 6.00. The molecule has 1 aromatic carbocycles. The minimum Gasteiger partial charge on any atom is -0.466 e. The van der Waals surface area contributed by atoms with Gasteiger partial charge in [0.05, 0.1) is 29.3 Å². The van der Waals surface area contributed by atoms with Gasteiger partial charge in [-0.15, -0.1) is 0 Å². The van der Waals surface area contributed by atoms with Gasteiger partial charge in [-0.3, -0.25) is 4.79 Å². The summed E-state index contributed by atoms with van der Waals surface area (Å²) < 4.78 is 45.2. The summed E-state index contributed by atoms with van der Waals surface area (Å²) in [4.78, 5) is 12.0. The molecule has 1 aliphatic rings. The van der Waals surface area contributed by atoms with Gasteiger partial charge in [0.1, 0.15) is 11.6 Å². The lowest BCUT2D eigenvalue weighted by Crippen LogP contribution is -2.41. The minimum atomic E-state index is -0.969. The number of ether oxygens (including phenoxy) is 1. The molecule has 0 aliphatic carbocycles. The van der Waals surface area contributed by atoms with E-state index in [1.165, 1.54) is 0 Å². The van der Waals surface area contributed by atoms with Crippen LogP contribution in [0.3, 0.4) is 0 Å². The summed E-state index contributed by atoms with van der Waals surface area (Å²) in [5.74, 6) is -3.01. The van der Waals surface area contributed by atoms with Crippen LogP contribution < -0.4 is 0 Å². The Kier molecular flexibility index (Phi) is 5.81. The van der Waals surface area contributed by atoms with E-state index >= 15 is 0 Å². The van der Waals surface area contributed by atoms with Crippen molar-refractivity contribution in [3.05, 3.63) is 34.4 Å². The second-order valence-electron chi connectivity index (χ2n) is 7.00. The normalized spacial score (nSPS) is 19.8. The molecule has 1 aliphatic heterocycles. The number of hydrogen-bond donors (Lipinski definition) is 0. The molecular weight excluding hydrogens is 352 g/mol. The predicted octanol–water partition coefficient (Wildman–Crippen LogP) is 4.29. The van der Waals surface area contributed by atoms with Crippen LogP contribution in [0.2, 0.25) is 5.02 Å². The molecule has 0 spiro atoms. The van der Waals surface area contributed by atoms with Gasteiger partial charge < -0.3 is 14.0 Å². The monoisotopic (exact) mass is 374 g/mol. The van der Waals surface area contributed by atoms with E-state index in [0.29, 0.717) is 0 Å². The molecule has 1 unspecified atom stereocenters. The molecule has 2 rings (SSSR count). The van der Waals surface area contributed by atoms with Crippen molar-refractivity contribution in [1.82, 2.24) is 0 Å². The summed E-state index contributed by atoms with van der Waals surface area (Å²) in [5.41, 5.74) is -1.53. The first-order valence-corrected chi connectivity index (χ1v) is 8.52. The zero-order valence-corrected chi connectivity index (χ0v) is 15.7. The molecular formula is C17H22BClF2O4.